The zero-order valence-electron chi connectivity index (χ0n) is 5.65. The Labute approximate surface area is 59.4 Å². The second-order valence-corrected chi connectivity index (χ2v) is 2.02. The molecule has 0 aliphatic heterocycles. The quantitative estimate of drug-likeness (QED) is 0.576. The van der Waals surface area contributed by atoms with Crippen LogP contribution in [0.1, 0.15) is 18.4 Å². The van der Waals surface area contributed by atoms with Crippen molar-refractivity contribution in [2.45, 2.75) is 12.8 Å². The van der Waals surface area contributed by atoms with Gasteiger partial charge in [0, 0.05) is 18.0 Å². The first kappa shape index (κ1) is 6.69. The Balaban J connectivity index is 2.88. The van der Waals surface area contributed by atoms with E-state index in [1.807, 2.05) is 6.92 Å². The molecule has 10 heavy (non-hydrogen) atoms. The number of nitriles is 1. The van der Waals surface area contributed by atoms with E-state index in [-0.39, 0.29) is 5.92 Å². The second kappa shape index (κ2) is 2.92. The molecule has 1 unspecified atom stereocenters. The van der Waals surface area contributed by atoms with Gasteiger partial charge in [-0.1, -0.05) is 0 Å². The number of nitrogens with zero attached hydrogens (tertiary/aromatic N) is 3. The van der Waals surface area contributed by atoms with E-state index in [0.29, 0.717) is 0 Å². The van der Waals surface area contributed by atoms with Crippen molar-refractivity contribution in [3.63, 3.8) is 0 Å². The topological polar surface area (TPSA) is 49.6 Å². The van der Waals surface area contributed by atoms with E-state index >= 15 is 0 Å². The predicted molar refractivity (Wildman–Crippen MR) is 36.1 cm³/mol. The zero-order valence-corrected chi connectivity index (χ0v) is 5.65. The van der Waals surface area contributed by atoms with Crippen molar-refractivity contribution in [3.8, 4) is 6.07 Å². The van der Waals surface area contributed by atoms with Gasteiger partial charge in [0.05, 0.1) is 12.0 Å². The van der Waals surface area contributed by atoms with Crippen molar-refractivity contribution in [2.24, 2.45) is 0 Å². The van der Waals surface area contributed by atoms with Crippen LogP contribution in [0.4, 0.5) is 0 Å². The molecule has 1 heterocycles. The standard InChI is InChI=1S/C7H7N3/c1-6(2-8)7-3-9-5-10-4-7/h3-6H,1H3. The summed E-state index contributed by atoms with van der Waals surface area (Å²) >= 11 is 0. The maximum absolute atomic E-state index is 8.48. The Morgan fingerprint density at radius 2 is 2.10 bits per heavy atom. The molecule has 50 valence electrons. The molecule has 3 heteroatoms. The monoisotopic (exact) mass is 133 g/mol. The highest BCUT2D eigenvalue weighted by Crippen LogP contribution is 2.09. The minimum absolute atomic E-state index is 0.110. The summed E-state index contributed by atoms with van der Waals surface area (Å²) in [6.45, 7) is 1.82. The molecule has 0 spiro atoms. The Morgan fingerprint density at radius 1 is 1.50 bits per heavy atom. The van der Waals surface area contributed by atoms with Gasteiger partial charge >= 0.3 is 0 Å². The van der Waals surface area contributed by atoms with Crippen LogP contribution in [0.5, 0.6) is 0 Å². The van der Waals surface area contributed by atoms with Crippen molar-refractivity contribution in [3.05, 3.63) is 24.3 Å². The van der Waals surface area contributed by atoms with Gasteiger partial charge in [0.15, 0.2) is 0 Å². The molecule has 1 atom stereocenters. The van der Waals surface area contributed by atoms with E-state index in [2.05, 4.69) is 16.0 Å². The van der Waals surface area contributed by atoms with Gasteiger partial charge in [0.1, 0.15) is 6.33 Å². The molecule has 0 aliphatic carbocycles. The maximum atomic E-state index is 8.48. The van der Waals surface area contributed by atoms with Gasteiger partial charge < -0.3 is 0 Å². The van der Waals surface area contributed by atoms with E-state index in [1.54, 1.807) is 12.4 Å². The molecule has 1 aromatic rings. The lowest BCUT2D eigenvalue weighted by atomic mass is 10.1. The fourth-order valence-electron chi connectivity index (χ4n) is 0.609. The molecule has 0 fully saturated rings. The van der Waals surface area contributed by atoms with E-state index in [1.165, 1.54) is 6.33 Å². The SMILES string of the molecule is CC(C#N)c1cncnc1. The molecule has 0 amide bonds. The summed E-state index contributed by atoms with van der Waals surface area (Å²) in [5, 5.41) is 8.48. The molecule has 0 bridgehead atoms. The normalized spacial score (nSPS) is 12.0. The van der Waals surface area contributed by atoms with Crippen molar-refractivity contribution < 1.29 is 0 Å². The van der Waals surface area contributed by atoms with E-state index in [4.69, 9.17) is 5.26 Å². The Bertz CT molecular complexity index is 237. The predicted octanol–water partition coefficient (Wildman–Crippen LogP) is 1.10. The van der Waals surface area contributed by atoms with Crippen molar-refractivity contribution in [1.82, 2.24) is 9.97 Å². The van der Waals surface area contributed by atoms with Gasteiger partial charge in [-0.2, -0.15) is 5.26 Å². The van der Waals surface area contributed by atoms with E-state index in [0.717, 1.165) is 5.56 Å². The largest absolute Gasteiger partial charge is 0.244 e. The van der Waals surface area contributed by atoms with Gasteiger partial charge in [0.25, 0.3) is 0 Å². The number of hydrogen-bond acceptors (Lipinski definition) is 3. The van der Waals surface area contributed by atoms with E-state index in [9.17, 15) is 0 Å². The Kier molecular flexibility index (Phi) is 1.96. The highest BCUT2D eigenvalue weighted by atomic mass is 14.8. The van der Waals surface area contributed by atoms with E-state index < -0.39 is 0 Å². The molecule has 1 rings (SSSR count). The molecule has 0 aromatic carbocycles. The van der Waals surface area contributed by atoms with Crippen molar-refractivity contribution in [2.75, 3.05) is 0 Å². The van der Waals surface area contributed by atoms with Gasteiger partial charge in [-0.3, -0.25) is 0 Å². The summed E-state index contributed by atoms with van der Waals surface area (Å²) in [6.07, 6.45) is 4.76. The van der Waals surface area contributed by atoms with Gasteiger partial charge in [-0.25, -0.2) is 9.97 Å². The van der Waals surface area contributed by atoms with Crippen molar-refractivity contribution in [1.29, 1.82) is 5.26 Å². The molecule has 0 aliphatic rings. The van der Waals surface area contributed by atoms with Crippen LogP contribution in [0, 0.1) is 11.3 Å². The first-order valence-corrected chi connectivity index (χ1v) is 2.99. The molecule has 0 N–H and O–H groups in total. The molecule has 1 aromatic heterocycles. The highest BCUT2D eigenvalue weighted by Gasteiger charge is 2.01. The fourth-order valence-corrected chi connectivity index (χ4v) is 0.609. The summed E-state index contributed by atoms with van der Waals surface area (Å²) < 4.78 is 0. The van der Waals surface area contributed by atoms with Crippen LogP contribution in [0.3, 0.4) is 0 Å². The smallest absolute Gasteiger partial charge is 0.115 e. The van der Waals surface area contributed by atoms with Crippen molar-refractivity contribution >= 4 is 0 Å². The lowest BCUT2D eigenvalue weighted by Gasteiger charge is -1.97. The third-order valence-electron chi connectivity index (χ3n) is 1.27. The lowest BCUT2D eigenvalue weighted by Crippen LogP contribution is -1.90. The van der Waals surface area contributed by atoms with Gasteiger partial charge in [0.2, 0.25) is 0 Å². The fraction of sp³-hybridized carbons (Fsp3) is 0.286. The number of hydrogen-bond donors (Lipinski definition) is 0. The minimum Gasteiger partial charge on any atom is -0.244 e. The van der Waals surface area contributed by atoms with Crippen LogP contribution < -0.4 is 0 Å². The average Bonchev–Trinajstić information content (AvgIpc) is 2.05. The van der Waals surface area contributed by atoms with Gasteiger partial charge in [-0.15, -0.1) is 0 Å². The number of rotatable bonds is 1. The first-order valence-electron chi connectivity index (χ1n) is 2.99. The zero-order chi connectivity index (χ0) is 7.40. The first-order chi connectivity index (χ1) is 4.84. The van der Waals surface area contributed by atoms with Crippen LogP contribution in [-0.2, 0) is 0 Å². The molecule has 3 nitrogen and oxygen atoms in total. The molecular formula is C7H7N3. The molecule has 0 saturated carbocycles. The van der Waals surface area contributed by atoms with Gasteiger partial charge in [-0.05, 0) is 6.92 Å². The molecule has 0 saturated heterocycles. The Morgan fingerprint density at radius 3 is 2.60 bits per heavy atom. The number of aromatic nitrogens is 2. The summed E-state index contributed by atoms with van der Waals surface area (Å²) in [6, 6.07) is 2.10. The Hall–Kier alpha value is -1.43. The summed E-state index contributed by atoms with van der Waals surface area (Å²) in [5.41, 5.74) is 0.866. The van der Waals surface area contributed by atoms with Crippen LogP contribution >= 0.6 is 0 Å². The summed E-state index contributed by atoms with van der Waals surface area (Å²) in [4.78, 5) is 7.58. The minimum atomic E-state index is -0.110. The van der Waals surface area contributed by atoms with Crippen LogP contribution in [0.25, 0.3) is 0 Å². The third kappa shape index (κ3) is 1.29. The van der Waals surface area contributed by atoms with Crippen LogP contribution in [0.2, 0.25) is 0 Å². The average molecular weight is 133 g/mol. The third-order valence-corrected chi connectivity index (χ3v) is 1.27. The van der Waals surface area contributed by atoms with Crippen LogP contribution in [-0.4, -0.2) is 9.97 Å². The molecule has 0 radical (unpaired) electrons. The maximum Gasteiger partial charge on any atom is 0.115 e. The molecular weight excluding hydrogens is 126 g/mol. The highest BCUT2D eigenvalue weighted by molar-refractivity contribution is 5.15. The van der Waals surface area contributed by atoms with Crippen LogP contribution in [0.15, 0.2) is 18.7 Å². The second-order valence-electron chi connectivity index (χ2n) is 2.02. The summed E-state index contributed by atoms with van der Waals surface area (Å²) in [5.74, 6) is -0.110. The summed E-state index contributed by atoms with van der Waals surface area (Å²) in [7, 11) is 0. The lowest BCUT2D eigenvalue weighted by molar-refractivity contribution is 0.943.